The van der Waals surface area contributed by atoms with Gasteiger partial charge in [0, 0.05) is 18.7 Å². The van der Waals surface area contributed by atoms with Crippen molar-refractivity contribution in [1.82, 2.24) is 10.6 Å². The van der Waals surface area contributed by atoms with Crippen molar-refractivity contribution in [3.05, 3.63) is 59.4 Å². The quantitative estimate of drug-likeness (QED) is 0.890. The summed E-state index contributed by atoms with van der Waals surface area (Å²) >= 11 is 0. The average molecular weight is 284 g/mol. The summed E-state index contributed by atoms with van der Waals surface area (Å²) in [6.07, 6.45) is 0. The molecule has 2 N–H and O–H groups in total. The highest BCUT2D eigenvalue weighted by Crippen LogP contribution is 2.31. The molecule has 0 radical (unpaired) electrons. The molecule has 1 aliphatic heterocycles. The van der Waals surface area contributed by atoms with Gasteiger partial charge in [0.05, 0.1) is 0 Å². The van der Waals surface area contributed by atoms with Gasteiger partial charge in [-0.1, -0.05) is 36.4 Å². The highest BCUT2D eigenvalue weighted by atomic mass is 19.1. The third-order valence-electron chi connectivity index (χ3n) is 3.72. The number of benzene rings is 2. The molecule has 4 heteroatoms. The molecule has 108 valence electrons. The fourth-order valence-electron chi connectivity index (χ4n) is 2.68. The van der Waals surface area contributed by atoms with Gasteiger partial charge in [-0.05, 0) is 29.7 Å². The highest BCUT2D eigenvalue weighted by Gasteiger charge is 2.26. The molecule has 2 aromatic carbocycles. The van der Waals surface area contributed by atoms with Crippen LogP contribution in [0, 0.1) is 12.7 Å². The molecule has 1 amide bonds. The van der Waals surface area contributed by atoms with E-state index in [9.17, 15) is 9.18 Å². The summed E-state index contributed by atoms with van der Waals surface area (Å²) in [7, 11) is 0. The van der Waals surface area contributed by atoms with Crippen molar-refractivity contribution in [2.45, 2.75) is 13.0 Å². The van der Waals surface area contributed by atoms with E-state index in [0.717, 1.165) is 16.7 Å². The van der Waals surface area contributed by atoms with Crippen LogP contribution in [0.3, 0.4) is 0 Å². The van der Waals surface area contributed by atoms with Gasteiger partial charge < -0.3 is 10.6 Å². The number of carbonyl (C=O) groups is 1. The molecule has 3 nitrogen and oxygen atoms in total. The van der Waals surface area contributed by atoms with E-state index in [0.29, 0.717) is 18.7 Å². The molecule has 0 aliphatic carbocycles. The predicted molar refractivity (Wildman–Crippen MR) is 80.3 cm³/mol. The summed E-state index contributed by atoms with van der Waals surface area (Å²) in [5.41, 5.74) is 2.96. The highest BCUT2D eigenvalue weighted by molar-refractivity contribution is 5.87. The fraction of sp³-hybridized carbons (Fsp3) is 0.235. The lowest BCUT2D eigenvalue weighted by atomic mass is 9.93. The minimum atomic E-state index is -0.435. The van der Waals surface area contributed by atoms with E-state index in [-0.39, 0.29) is 11.7 Å². The molecule has 2 aromatic rings. The van der Waals surface area contributed by atoms with Gasteiger partial charge in [-0.15, -0.1) is 0 Å². The molecule has 0 saturated carbocycles. The zero-order valence-electron chi connectivity index (χ0n) is 11.8. The van der Waals surface area contributed by atoms with Crippen molar-refractivity contribution < 1.29 is 9.18 Å². The summed E-state index contributed by atoms with van der Waals surface area (Å²) in [5.74, 6) is -0.333. The Morgan fingerprint density at radius 1 is 1.10 bits per heavy atom. The topological polar surface area (TPSA) is 41.1 Å². The maximum Gasteiger partial charge on any atom is 0.241 e. The monoisotopic (exact) mass is 284 g/mol. The van der Waals surface area contributed by atoms with Crippen LogP contribution in [0.5, 0.6) is 0 Å². The third kappa shape index (κ3) is 2.67. The number of rotatable bonds is 2. The van der Waals surface area contributed by atoms with E-state index in [2.05, 4.69) is 10.6 Å². The maximum atomic E-state index is 14.3. The standard InChI is InChI=1S/C17H17FN2O/c1-11-6-7-13(15(18)10-11)12-4-2-3-5-14(12)16-17(21)20-9-8-19-16/h2-7,10,16,19H,8-9H2,1H3,(H,20,21). The van der Waals surface area contributed by atoms with Gasteiger partial charge in [-0.2, -0.15) is 0 Å². The minimum absolute atomic E-state index is 0.0683. The van der Waals surface area contributed by atoms with Crippen LogP contribution in [-0.2, 0) is 4.79 Å². The van der Waals surface area contributed by atoms with E-state index < -0.39 is 6.04 Å². The van der Waals surface area contributed by atoms with Crippen LogP contribution in [0.1, 0.15) is 17.2 Å². The molecular formula is C17H17FN2O. The molecule has 3 rings (SSSR count). The minimum Gasteiger partial charge on any atom is -0.353 e. The van der Waals surface area contributed by atoms with Crippen LogP contribution in [0.4, 0.5) is 4.39 Å². The van der Waals surface area contributed by atoms with Crippen molar-refractivity contribution in [3.63, 3.8) is 0 Å². The van der Waals surface area contributed by atoms with Gasteiger partial charge in [-0.3, -0.25) is 4.79 Å². The van der Waals surface area contributed by atoms with Crippen molar-refractivity contribution in [2.75, 3.05) is 13.1 Å². The van der Waals surface area contributed by atoms with E-state index in [1.807, 2.05) is 37.3 Å². The first-order valence-electron chi connectivity index (χ1n) is 7.03. The van der Waals surface area contributed by atoms with Gasteiger partial charge in [0.25, 0.3) is 0 Å². The van der Waals surface area contributed by atoms with Crippen LogP contribution < -0.4 is 10.6 Å². The Hall–Kier alpha value is -2.20. The molecule has 1 saturated heterocycles. The normalized spacial score (nSPS) is 18.4. The second-order valence-corrected chi connectivity index (χ2v) is 5.25. The Bertz CT molecular complexity index is 684. The summed E-state index contributed by atoms with van der Waals surface area (Å²) < 4.78 is 14.3. The van der Waals surface area contributed by atoms with E-state index in [4.69, 9.17) is 0 Å². The Labute approximate surface area is 123 Å². The zero-order chi connectivity index (χ0) is 14.8. The molecule has 21 heavy (non-hydrogen) atoms. The van der Waals surface area contributed by atoms with Gasteiger partial charge >= 0.3 is 0 Å². The van der Waals surface area contributed by atoms with Crippen LogP contribution in [0.2, 0.25) is 0 Å². The maximum absolute atomic E-state index is 14.3. The number of nitrogens with one attached hydrogen (secondary N) is 2. The number of hydrogen-bond acceptors (Lipinski definition) is 2. The number of halogens is 1. The van der Waals surface area contributed by atoms with Crippen LogP contribution in [0.25, 0.3) is 11.1 Å². The first-order chi connectivity index (χ1) is 10.2. The van der Waals surface area contributed by atoms with Crippen molar-refractivity contribution in [3.8, 4) is 11.1 Å². The number of aryl methyl sites for hydroxylation is 1. The number of hydrogen-bond donors (Lipinski definition) is 2. The lowest BCUT2D eigenvalue weighted by molar-refractivity contribution is -0.124. The molecule has 1 atom stereocenters. The average Bonchev–Trinajstić information content (AvgIpc) is 2.48. The molecule has 1 fully saturated rings. The molecule has 1 unspecified atom stereocenters. The summed E-state index contributed by atoms with van der Waals surface area (Å²) in [6, 6.07) is 12.2. The summed E-state index contributed by atoms with van der Waals surface area (Å²) in [6.45, 7) is 3.19. The van der Waals surface area contributed by atoms with Gasteiger partial charge in [-0.25, -0.2) is 4.39 Å². The molecule has 1 heterocycles. The van der Waals surface area contributed by atoms with E-state index in [1.165, 1.54) is 6.07 Å². The summed E-state index contributed by atoms with van der Waals surface area (Å²) in [4.78, 5) is 12.0. The lowest BCUT2D eigenvalue weighted by Gasteiger charge is -2.25. The van der Waals surface area contributed by atoms with Crippen molar-refractivity contribution >= 4 is 5.91 Å². The van der Waals surface area contributed by atoms with Crippen LogP contribution in [-0.4, -0.2) is 19.0 Å². The molecule has 0 bridgehead atoms. The Kier molecular flexibility index (Phi) is 3.71. The van der Waals surface area contributed by atoms with Crippen LogP contribution >= 0.6 is 0 Å². The molecule has 0 aromatic heterocycles. The van der Waals surface area contributed by atoms with Gasteiger partial charge in [0.15, 0.2) is 0 Å². The second-order valence-electron chi connectivity index (χ2n) is 5.25. The smallest absolute Gasteiger partial charge is 0.241 e. The SMILES string of the molecule is Cc1ccc(-c2ccccc2C2NCCNC2=O)c(F)c1. The largest absolute Gasteiger partial charge is 0.353 e. The number of carbonyl (C=O) groups excluding carboxylic acids is 1. The predicted octanol–water partition coefficient (Wildman–Crippen LogP) is 2.56. The molecular weight excluding hydrogens is 267 g/mol. The first-order valence-corrected chi connectivity index (χ1v) is 7.03. The Balaban J connectivity index is 2.09. The van der Waals surface area contributed by atoms with E-state index in [1.54, 1.807) is 6.07 Å². The van der Waals surface area contributed by atoms with Crippen molar-refractivity contribution in [2.24, 2.45) is 0 Å². The van der Waals surface area contributed by atoms with Gasteiger partial charge in [0.1, 0.15) is 11.9 Å². The zero-order valence-corrected chi connectivity index (χ0v) is 11.8. The van der Waals surface area contributed by atoms with E-state index >= 15 is 0 Å². The van der Waals surface area contributed by atoms with Crippen LogP contribution in [0.15, 0.2) is 42.5 Å². The lowest BCUT2D eigenvalue weighted by Crippen LogP contribution is -2.47. The first kappa shape index (κ1) is 13.8. The summed E-state index contributed by atoms with van der Waals surface area (Å²) in [5, 5.41) is 6.03. The molecule has 1 aliphatic rings. The second kappa shape index (κ2) is 5.66. The fourth-order valence-corrected chi connectivity index (χ4v) is 2.68. The molecule has 0 spiro atoms. The number of piperazine rings is 1. The number of amides is 1. The Morgan fingerprint density at radius 2 is 1.90 bits per heavy atom. The van der Waals surface area contributed by atoms with Crippen molar-refractivity contribution in [1.29, 1.82) is 0 Å². The third-order valence-corrected chi connectivity index (χ3v) is 3.72. The van der Waals surface area contributed by atoms with Gasteiger partial charge in [0.2, 0.25) is 5.91 Å². The Morgan fingerprint density at radius 3 is 2.67 bits per heavy atom.